The number of aromatic hydroxyl groups is 2. The van der Waals surface area contributed by atoms with Crippen molar-refractivity contribution in [2.75, 3.05) is 0 Å². The van der Waals surface area contributed by atoms with E-state index < -0.39 is 0 Å². The van der Waals surface area contributed by atoms with Crippen molar-refractivity contribution in [1.82, 2.24) is 0 Å². The predicted molar refractivity (Wildman–Crippen MR) is 99.2 cm³/mol. The Labute approximate surface area is 161 Å². The van der Waals surface area contributed by atoms with Crippen molar-refractivity contribution < 1.29 is 25.9 Å². The van der Waals surface area contributed by atoms with Crippen molar-refractivity contribution in [3.05, 3.63) is 59.7 Å². The van der Waals surface area contributed by atoms with Gasteiger partial charge in [-0.25, -0.2) is 0 Å². The number of hydrogen-bond donors (Lipinski definition) is 2. The Bertz CT molecular complexity index is 726. The molecule has 136 valence electrons. The Morgan fingerprint density at radius 1 is 0.769 bits per heavy atom. The average molecular weight is 391 g/mol. The van der Waals surface area contributed by atoms with Crippen molar-refractivity contribution in [1.29, 1.82) is 4.20 Å². The van der Waals surface area contributed by atoms with Crippen LogP contribution in [0, 0.1) is 4.20 Å². The van der Waals surface area contributed by atoms with Crippen LogP contribution in [-0.2, 0) is 15.6 Å². The van der Waals surface area contributed by atoms with Crippen molar-refractivity contribution in [3.8, 4) is 11.5 Å². The first-order valence-electron chi connectivity index (χ1n) is 8.53. The molecule has 2 aromatic carbocycles. The van der Waals surface area contributed by atoms with Crippen LogP contribution in [0.1, 0.15) is 36.8 Å². The Balaban J connectivity index is 0.00000117. The summed E-state index contributed by atoms with van der Waals surface area (Å²) in [5.74, 6) is 0.484. The summed E-state index contributed by atoms with van der Waals surface area (Å²) in [6.07, 6.45) is 7.76. The van der Waals surface area contributed by atoms with Crippen LogP contribution in [0.4, 0.5) is 0 Å². The summed E-state index contributed by atoms with van der Waals surface area (Å²) in [5, 5.41) is 19.7. The second-order valence-electron chi connectivity index (χ2n) is 6.09. The summed E-state index contributed by atoms with van der Waals surface area (Å²) in [4.78, 5) is 9.34. The van der Waals surface area contributed by atoms with Gasteiger partial charge < -0.3 is 10.2 Å². The number of rotatable bonds is 4. The number of aliphatic imine (C=N–C) groups is 2. The molecule has 2 aromatic rings. The number of para-hydroxylation sites is 2. The van der Waals surface area contributed by atoms with E-state index in [2.05, 4.69) is 9.98 Å². The molecule has 0 spiro atoms. The van der Waals surface area contributed by atoms with Crippen molar-refractivity contribution in [2.24, 2.45) is 9.98 Å². The summed E-state index contributed by atoms with van der Waals surface area (Å²) in [5.41, 5.74) is 1.46. The molecule has 0 aliphatic heterocycles. The SMILES string of the molecule is Oc1ccccc1C=N[C@@H]1CCCC[C@H]1N=Cc1ccccc1O.[N]#[Mn]. The number of phenolic OH excluding ortho intramolecular Hbond substituents is 2. The number of phenols is 2. The van der Waals surface area contributed by atoms with Gasteiger partial charge in [0.1, 0.15) is 11.5 Å². The minimum atomic E-state index is 0.112. The Morgan fingerprint density at radius 3 is 1.54 bits per heavy atom. The van der Waals surface area contributed by atoms with Crippen LogP contribution >= 0.6 is 0 Å². The second kappa shape index (κ2) is 10.6. The van der Waals surface area contributed by atoms with E-state index in [0.29, 0.717) is 0 Å². The van der Waals surface area contributed by atoms with Gasteiger partial charge in [-0.2, -0.15) is 0 Å². The number of nitrogens with zero attached hydrogens (tertiary/aromatic N) is 3. The molecule has 5 nitrogen and oxygen atoms in total. The van der Waals surface area contributed by atoms with Gasteiger partial charge in [-0.05, 0) is 37.1 Å². The fraction of sp³-hybridized carbons (Fsp3) is 0.300. The van der Waals surface area contributed by atoms with E-state index in [-0.39, 0.29) is 23.6 Å². The first kappa shape index (κ1) is 19.9. The quantitative estimate of drug-likeness (QED) is 0.611. The Morgan fingerprint density at radius 2 is 1.15 bits per heavy atom. The molecule has 0 bridgehead atoms. The second-order valence-corrected chi connectivity index (χ2v) is 6.09. The number of hydrogen-bond acceptors (Lipinski definition) is 5. The third-order valence-electron chi connectivity index (χ3n) is 4.38. The van der Waals surface area contributed by atoms with Crippen molar-refractivity contribution in [3.63, 3.8) is 0 Å². The van der Waals surface area contributed by atoms with Crippen LogP contribution in [0.2, 0.25) is 0 Å². The van der Waals surface area contributed by atoms with Gasteiger partial charge in [0.2, 0.25) is 0 Å². The van der Waals surface area contributed by atoms with E-state index in [0.717, 1.165) is 36.8 Å². The molecule has 0 unspecified atom stereocenters. The van der Waals surface area contributed by atoms with E-state index in [1.54, 1.807) is 36.7 Å². The molecule has 1 fully saturated rings. The van der Waals surface area contributed by atoms with Gasteiger partial charge in [0.25, 0.3) is 0 Å². The van der Waals surface area contributed by atoms with Crippen LogP contribution in [0.15, 0.2) is 58.5 Å². The fourth-order valence-corrected chi connectivity index (χ4v) is 2.98. The maximum atomic E-state index is 9.84. The van der Waals surface area contributed by atoms with Crippen LogP contribution in [-0.4, -0.2) is 34.7 Å². The summed E-state index contributed by atoms with van der Waals surface area (Å²) in [6, 6.07) is 14.6. The fourth-order valence-electron chi connectivity index (χ4n) is 2.98. The maximum absolute atomic E-state index is 9.84. The first-order chi connectivity index (χ1) is 12.7. The summed E-state index contributed by atoms with van der Waals surface area (Å²) in [7, 11) is 0. The third kappa shape index (κ3) is 5.57. The van der Waals surface area contributed by atoms with E-state index in [4.69, 9.17) is 4.20 Å². The molecule has 2 N–H and O–H groups in total. The normalized spacial score (nSPS) is 20.0. The molecular formula is C20H22MnN3O2. The van der Waals surface area contributed by atoms with Gasteiger partial charge in [-0.15, -0.1) is 0 Å². The zero-order chi connectivity index (χ0) is 18.8. The summed E-state index contributed by atoms with van der Waals surface area (Å²) < 4.78 is 6.81. The topological polar surface area (TPSA) is 89.0 Å². The molecule has 1 aliphatic carbocycles. The molecule has 3 rings (SSSR count). The van der Waals surface area contributed by atoms with Crippen LogP contribution in [0.25, 0.3) is 0 Å². The molecule has 1 saturated carbocycles. The van der Waals surface area contributed by atoms with Gasteiger partial charge in [0.05, 0.1) is 12.1 Å². The van der Waals surface area contributed by atoms with Gasteiger partial charge in [-0.1, -0.05) is 37.1 Å². The molecule has 0 amide bonds. The van der Waals surface area contributed by atoms with Crippen LogP contribution in [0.3, 0.4) is 0 Å². The van der Waals surface area contributed by atoms with E-state index in [1.165, 1.54) is 0 Å². The first-order valence-corrected chi connectivity index (χ1v) is 9.06. The van der Waals surface area contributed by atoms with Gasteiger partial charge in [0.15, 0.2) is 0 Å². The summed E-state index contributed by atoms with van der Waals surface area (Å²) in [6.45, 7) is 0. The standard InChI is InChI=1S/C20H22N2O2.Mn.N/c23-19-11-5-1-7-15(19)13-21-17-9-3-4-10-18(17)22-14-16-8-2-6-12-20(16)24;;/h1-2,5-8,11-14,17-18,23-24H,3-4,9-10H2;;/t17-,18-;;/m1../s1. The molecule has 0 saturated heterocycles. The van der Waals surface area contributed by atoms with Crippen LogP contribution < -0.4 is 0 Å². The molecule has 1 aliphatic rings. The molecule has 6 heteroatoms. The monoisotopic (exact) mass is 391 g/mol. The van der Waals surface area contributed by atoms with E-state index >= 15 is 0 Å². The average Bonchev–Trinajstić information content (AvgIpc) is 2.69. The molecule has 0 heterocycles. The van der Waals surface area contributed by atoms with Crippen LogP contribution in [0.5, 0.6) is 11.5 Å². The van der Waals surface area contributed by atoms with Crippen molar-refractivity contribution >= 4 is 12.4 Å². The summed E-state index contributed by atoms with van der Waals surface area (Å²) >= 11 is 1.94. The Kier molecular flexibility index (Phi) is 8.10. The molecular weight excluding hydrogens is 369 g/mol. The van der Waals surface area contributed by atoms with Gasteiger partial charge in [-0.3, -0.25) is 9.98 Å². The zero-order valence-corrected chi connectivity index (χ0v) is 15.6. The number of benzene rings is 2. The van der Waals surface area contributed by atoms with Crippen molar-refractivity contribution in [2.45, 2.75) is 37.8 Å². The predicted octanol–water partition coefficient (Wildman–Crippen LogP) is 3.96. The minimum absolute atomic E-state index is 0.112. The molecule has 26 heavy (non-hydrogen) atoms. The van der Waals surface area contributed by atoms with E-state index in [9.17, 15) is 10.2 Å². The zero-order valence-electron chi connectivity index (χ0n) is 14.4. The third-order valence-corrected chi connectivity index (χ3v) is 4.38. The van der Waals surface area contributed by atoms with Gasteiger partial charge >= 0.3 is 19.8 Å². The van der Waals surface area contributed by atoms with Gasteiger partial charge in [0, 0.05) is 23.6 Å². The Hall–Kier alpha value is -2.39. The molecule has 0 aromatic heterocycles. The molecule has 2 atom stereocenters. The van der Waals surface area contributed by atoms with E-state index in [1.807, 2.05) is 39.9 Å². The molecule has 0 radical (unpaired) electrons.